The van der Waals surface area contributed by atoms with Crippen LogP contribution in [-0.4, -0.2) is 12.6 Å². The molecular weight excluding hydrogens is 224 g/mol. The van der Waals surface area contributed by atoms with Crippen LogP contribution in [0.3, 0.4) is 0 Å². The number of ether oxygens (including phenoxy) is 1. The Morgan fingerprint density at radius 1 is 1.11 bits per heavy atom. The molecule has 0 spiro atoms. The van der Waals surface area contributed by atoms with E-state index in [0.29, 0.717) is 18.6 Å². The van der Waals surface area contributed by atoms with Gasteiger partial charge in [-0.05, 0) is 53.4 Å². The van der Waals surface area contributed by atoms with Crippen LogP contribution in [0.1, 0.15) is 53.4 Å². The Kier molecular flexibility index (Phi) is 8.99. The average Bonchev–Trinajstić information content (AvgIpc) is 2.28. The van der Waals surface area contributed by atoms with Crippen molar-refractivity contribution in [3.05, 3.63) is 35.5 Å². The Morgan fingerprint density at radius 2 is 1.72 bits per heavy atom. The quantitative estimate of drug-likeness (QED) is 0.358. The monoisotopic (exact) mass is 250 g/mol. The van der Waals surface area contributed by atoms with E-state index < -0.39 is 0 Å². The fraction of sp³-hybridized carbons (Fsp3) is 0.562. The smallest absolute Gasteiger partial charge is 0.333 e. The molecule has 0 aromatic rings. The topological polar surface area (TPSA) is 26.3 Å². The normalized spacial score (nSPS) is 11.0. The molecule has 2 nitrogen and oxygen atoms in total. The third-order valence-corrected chi connectivity index (χ3v) is 2.59. The van der Waals surface area contributed by atoms with Crippen molar-refractivity contribution < 1.29 is 9.53 Å². The molecule has 18 heavy (non-hydrogen) atoms. The lowest BCUT2D eigenvalue weighted by Crippen LogP contribution is -2.06. The SMILES string of the molecule is C=C(CCC=C(C)CCC=C(C)C)C(=O)OCC. The molecule has 0 amide bonds. The van der Waals surface area contributed by atoms with Crippen LogP contribution in [0.5, 0.6) is 0 Å². The Bertz CT molecular complexity index is 331. The summed E-state index contributed by atoms with van der Waals surface area (Å²) in [6.07, 6.45) is 8.13. The van der Waals surface area contributed by atoms with Gasteiger partial charge in [-0.15, -0.1) is 0 Å². The molecule has 0 aliphatic carbocycles. The predicted molar refractivity (Wildman–Crippen MR) is 77.4 cm³/mol. The van der Waals surface area contributed by atoms with Gasteiger partial charge in [0.05, 0.1) is 6.61 Å². The van der Waals surface area contributed by atoms with Gasteiger partial charge in [0.25, 0.3) is 0 Å². The van der Waals surface area contributed by atoms with Crippen molar-refractivity contribution in [3.8, 4) is 0 Å². The Balaban J connectivity index is 3.90. The van der Waals surface area contributed by atoms with Gasteiger partial charge in [-0.25, -0.2) is 4.79 Å². The summed E-state index contributed by atoms with van der Waals surface area (Å²) in [5.41, 5.74) is 3.29. The molecule has 0 rings (SSSR count). The zero-order valence-electron chi connectivity index (χ0n) is 12.2. The first-order valence-corrected chi connectivity index (χ1v) is 6.61. The molecule has 0 heterocycles. The van der Waals surface area contributed by atoms with Crippen molar-refractivity contribution in [3.63, 3.8) is 0 Å². The van der Waals surface area contributed by atoms with Crippen LogP contribution in [0.15, 0.2) is 35.5 Å². The fourth-order valence-corrected chi connectivity index (χ4v) is 1.52. The molecule has 0 bridgehead atoms. The Labute approximate surface area is 111 Å². The van der Waals surface area contributed by atoms with Crippen molar-refractivity contribution in [1.82, 2.24) is 0 Å². The molecule has 0 aromatic carbocycles. The zero-order chi connectivity index (χ0) is 14.0. The van der Waals surface area contributed by atoms with Gasteiger partial charge in [-0.2, -0.15) is 0 Å². The first-order valence-electron chi connectivity index (χ1n) is 6.61. The van der Waals surface area contributed by atoms with Gasteiger partial charge < -0.3 is 4.74 Å². The molecule has 0 aromatic heterocycles. The van der Waals surface area contributed by atoms with Crippen LogP contribution < -0.4 is 0 Å². The van der Waals surface area contributed by atoms with E-state index in [2.05, 4.69) is 39.5 Å². The number of hydrogen-bond acceptors (Lipinski definition) is 2. The van der Waals surface area contributed by atoms with E-state index in [1.165, 1.54) is 11.1 Å². The molecule has 0 radical (unpaired) electrons. The highest BCUT2D eigenvalue weighted by Crippen LogP contribution is 2.11. The summed E-state index contributed by atoms with van der Waals surface area (Å²) in [4.78, 5) is 11.3. The summed E-state index contributed by atoms with van der Waals surface area (Å²) >= 11 is 0. The summed E-state index contributed by atoms with van der Waals surface area (Å²) in [6.45, 7) is 12.3. The molecule has 0 aliphatic rings. The average molecular weight is 250 g/mol. The molecular formula is C16H26O2. The van der Waals surface area contributed by atoms with Crippen molar-refractivity contribution in [2.75, 3.05) is 6.61 Å². The molecule has 0 N–H and O–H groups in total. The van der Waals surface area contributed by atoms with Crippen molar-refractivity contribution in [2.45, 2.75) is 53.4 Å². The lowest BCUT2D eigenvalue weighted by molar-refractivity contribution is -0.138. The third-order valence-electron chi connectivity index (χ3n) is 2.59. The molecule has 0 unspecified atom stereocenters. The van der Waals surface area contributed by atoms with E-state index >= 15 is 0 Å². The maximum atomic E-state index is 11.3. The van der Waals surface area contributed by atoms with Crippen molar-refractivity contribution in [2.24, 2.45) is 0 Å². The summed E-state index contributed by atoms with van der Waals surface area (Å²) in [5, 5.41) is 0. The van der Waals surface area contributed by atoms with Crippen LogP contribution in [0.4, 0.5) is 0 Å². The first-order chi connectivity index (χ1) is 8.47. The summed E-state index contributed by atoms with van der Waals surface area (Å²) < 4.78 is 4.89. The minimum atomic E-state index is -0.270. The van der Waals surface area contributed by atoms with Gasteiger partial charge in [0.1, 0.15) is 0 Å². The number of carbonyl (C=O) groups is 1. The van der Waals surface area contributed by atoms with E-state index in [9.17, 15) is 4.79 Å². The van der Waals surface area contributed by atoms with Gasteiger partial charge in [-0.1, -0.05) is 29.9 Å². The second kappa shape index (κ2) is 9.69. The van der Waals surface area contributed by atoms with E-state index in [-0.39, 0.29) is 5.97 Å². The molecule has 0 saturated carbocycles. The third kappa shape index (κ3) is 8.80. The highest BCUT2D eigenvalue weighted by atomic mass is 16.5. The van der Waals surface area contributed by atoms with Crippen LogP contribution >= 0.6 is 0 Å². The van der Waals surface area contributed by atoms with Crippen molar-refractivity contribution in [1.29, 1.82) is 0 Å². The number of hydrogen-bond donors (Lipinski definition) is 0. The Hall–Kier alpha value is -1.31. The Morgan fingerprint density at radius 3 is 2.28 bits per heavy atom. The zero-order valence-corrected chi connectivity index (χ0v) is 12.2. The summed E-state index contributed by atoms with van der Waals surface area (Å²) in [5.74, 6) is -0.270. The lowest BCUT2D eigenvalue weighted by atomic mass is 10.1. The molecule has 0 fully saturated rings. The standard InChI is InChI=1S/C16H26O2/c1-6-18-16(17)15(5)12-8-11-14(4)10-7-9-13(2)3/h9,11H,5-8,10,12H2,1-4H3. The fourth-order valence-electron chi connectivity index (χ4n) is 1.52. The molecule has 0 saturated heterocycles. The van der Waals surface area contributed by atoms with Crippen LogP contribution in [-0.2, 0) is 9.53 Å². The van der Waals surface area contributed by atoms with Gasteiger partial charge in [-0.3, -0.25) is 0 Å². The summed E-state index contributed by atoms with van der Waals surface area (Å²) in [6, 6.07) is 0. The highest BCUT2D eigenvalue weighted by molar-refractivity contribution is 5.87. The van der Waals surface area contributed by atoms with E-state index in [1.807, 2.05) is 0 Å². The number of allylic oxidation sites excluding steroid dienone is 4. The van der Waals surface area contributed by atoms with Gasteiger partial charge in [0.2, 0.25) is 0 Å². The highest BCUT2D eigenvalue weighted by Gasteiger charge is 2.05. The molecule has 2 heteroatoms. The van der Waals surface area contributed by atoms with E-state index in [4.69, 9.17) is 4.74 Å². The van der Waals surface area contributed by atoms with Crippen LogP contribution in [0, 0.1) is 0 Å². The summed E-state index contributed by atoms with van der Waals surface area (Å²) in [7, 11) is 0. The molecule has 102 valence electrons. The van der Waals surface area contributed by atoms with Gasteiger partial charge >= 0.3 is 5.97 Å². The minimum Gasteiger partial charge on any atom is -0.463 e. The maximum absolute atomic E-state index is 11.3. The minimum absolute atomic E-state index is 0.270. The second-order valence-electron chi connectivity index (χ2n) is 4.73. The van der Waals surface area contributed by atoms with Crippen molar-refractivity contribution >= 4 is 5.97 Å². The first kappa shape index (κ1) is 16.7. The second-order valence-corrected chi connectivity index (χ2v) is 4.73. The van der Waals surface area contributed by atoms with Crippen LogP contribution in [0.2, 0.25) is 0 Å². The van der Waals surface area contributed by atoms with Crippen LogP contribution in [0.25, 0.3) is 0 Å². The van der Waals surface area contributed by atoms with E-state index in [0.717, 1.165) is 19.3 Å². The van der Waals surface area contributed by atoms with Gasteiger partial charge in [0, 0.05) is 5.57 Å². The number of rotatable bonds is 8. The van der Waals surface area contributed by atoms with Gasteiger partial charge in [0.15, 0.2) is 0 Å². The number of esters is 1. The lowest BCUT2D eigenvalue weighted by Gasteiger charge is -2.04. The maximum Gasteiger partial charge on any atom is 0.333 e. The molecule has 0 aliphatic heterocycles. The number of carbonyl (C=O) groups excluding carboxylic acids is 1. The molecule has 0 atom stereocenters. The largest absolute Gasteiger partial charge is 0.463 e. The van der Waals surface area contributed by atoms with E-state index in [1.54, 1.807) is 6.92 Å². The predicted octanol–water partition coefficient (Wildman–Crippen LogP) is 4.58.